The van der Waals surface area contributed by atoms with E-state index in [0.29, 0.717) is 23.3 Å². The van der Waals surface area contributed by atoms with Gasteiger partial charge in [0.2, 0.25) is 0 Å². The van der Waals surface area contributed by atoms with Crippen LogP contribution in [0.3, 0.4) is 0 Å². The lowest BCUT2D eigenvalue weighted by molar-refractivity contribution is -0.0230. The normalized spacial score (nSPS) is 22.6. The minimum Gasteiger partial charge on any atom is -0.464 e. The largest absolute Gasteiger partial charge is 0.464 e. The second-order valence-electron chi connectivity index (χ2n) is 11.2. The van der Waals surface area contributed by atoms with Crippen LogP contribution in [0.1, 0.15) is 90.3 Å². The van der Waals surface area contributed by atoms with Crippen molar-refractivity contribution in [2.75, 3.05) is 19.7 Å². The van der Waals surface area contributed by atoms with Crippen LogP contribution >= 0.6 is 11.3 Å². The van der Waals surface area contributed by atoms with Crippen LogP contribution in [0.2, 0.25) is 0 Å². The number of benzene rings is 1. The number of fused-ring (bicyclic) bond motifs is 2. The van der Waals surface area contributed by atoms with E-state index in [2.05, 4.69) is 28.1 Å². The van der Waals surface area contributed by atoms with Crippen molar-refractivity contribution in [3.63, 3.8) is 0 Å². The Hall–Kier alpha value is -1.86. The fourth-order valence-corrected chi connectivity index (χ4v) is 7.08. The number of thiazole rings is 1. The van der Waals surface area contributed by atoms with Gasteiger partial charge in [0.1, 0.15) is 0 Å². The molecule has 0 atom stereocenters. The molecule has 4 nitrogen and oxygen atoms in total. The lowest BCUT2D eigenvalue weighted by atomic mass is 9.77. The molecule has 0 amide bonds. The molecule has 2 aliphatic carbocycles. The predicted molar refractivity (Wildman–Crippen MR) is 139 cm³/mol. The molecule has 7 heteroatoms. The van der Waals surface area contributed by atoms with Crippen molar-refractivity contribution >= 4 is 17.1 Å². The Kier molecular flexibility index (Phi) is 8.06. The van der Waals surface area contributed by atoms with Gasteiger partial charge in [-0.1, -0.05) is 42.4 Å². The summed E-state index contributed by atoms with van der Waals surface area (Å²) in [4.78, 5) is 21.2. The van der Waals surface area contributed by atoms with Gasteiger partial charge in [0, 0.05) is 36.9 Å². The van der Waals surface area contributed by atoms with Gasteiger partial charge in [-0.3, -0.25) is 9.69 Å². The van der Waals surface area contributed by atoms with Crippen molar-refractivity contribution in [1.82, 2.24) is 9.88 Å². The first kappa shape index (κ1) is 25.8. The minimum absolute atomic E-state index is 0.357. The third-order valence-electron chi connectivity index (χ3n) is 8.23. The van der Waals surface area contributed by atoms with Gasteiger partial charge in [0.15, 0.2) is 12.4 Å². The number of alkyl halides is 2. The fraction of sp³-hybridized carbons (Fsp3) is 0.655. The van der Waals surface area contributed by atoms with Crippen molar-refractivity contribution in [2.45, 2.75) is 90.0 Å². The lowest BCUT2D eigenvalue weighted by Gasteiger charge is -2.31. The number of nitrogens with zero attached hydrogens (tertiary/aromatic N) is 2. The summed E-state index contributed by atoms with van der Waals surface area (Å²) >= 11 is 1.41. The fourth-order valence-electron chi connectivity index (χ4n) is 6.17. The molecular weight excluding hydrogens is 478 g/mol. The smallest absolute Gasteiger partial charge is 0.278 e. The lowest BCUT2D eigenvalue weighted by Crippen LogP contribution is -2.32. The zero-order valence-electron chi connectivity index (χ0n) is 21.4. The summed E-state index contributed by atoms with van der Waals surface area (Å²) in [6.45, 7) is 3.06. The molecule has 1 aromatic carbocycles. The first-order valence-corrected chi connectivity index (χ1v) is 14.5. The summed E-state index contributed by atoms with van der Waals surface area (Å²) in [5.74, 6) is -1.24. The quantitative estimate of drug-likeness (QED) is 0.341. The second-order valence-corrected chi connectivity index (χ2v) is 12.2. The topological polar surface area (TPSA) is 42.4 Å². The van der Waals surface area contributed by atoms with Gasteiger partial charge in [-0.15, -0.1) is 0 Å². The molecule has 36 heavy (non-hydrogen) atoms. The summed E-state index contributed by atoms with van der Waals surface area (Å²) in [6, 6.07) is 6.33. The zero-order chi connectivity index (χ0) is 25.1. The Morgan fingerprint density at radius 2 is 1.92 bits per heavy atom. The van der Waals surface area contributed by atoms with Crippen LogP contribution in [0.15, 0.2) is 18.2 Å². The number of rotatable bonds is 9. The van der Waals surface area contributed by atoms with E-state index in [1.54, 1.807) is 0 Å². The number of hydrogen-bond acceptors (Lipinski definition) is 5. The first-order valence-electron chi connectivity index (χ1n) is 13.7. The van der Waals surface area contributed by atoms with E-state index in [-0.39, 0.29) is 0 Å². The van der Waals surface area contributed by atoms with E-state index in [9.17, 15) is 13.6 Å². The van der Waals surface area contributed by atoms with E-state index >= 15 is 0 Å². The predicted octanol–water partition coefficient (Wildman–Crippen LogP) is 6.88. The van der Waals surface area contributed by atoms with E-state index in [1.165, 1.54) is 59.4 Å². The number of hydrogen-bond donors (Lipinski definition) is 0. The summed E-state index contributed by atoms with van der Waals surface area (Å²) in [6.07, 6.45) is 12.2. The van der Waals surface area contributed by atoms with Gasteiger partial charge in [0.05, 0.1) is 5.69 Å². The number of ketones is 1. The number of ether oxygens (including phenoxy) is 1. The molecule has 1 aliphatic heterocycles. The molecule has 0 saturated heterocycles. The van der Waals surface area contributed by atoms with E-state index in [0.717, 1.165) is 75.8 Å². The van der Waals surface area contributed by atoms with Crippen LogP contribution < -0.4 is 4.74 Å². The number of aromatic nitrogens is 1. The molecule has 2 heterocycles. The van der Waals surface area contributed by atoms with Crippen LogP contribution in [0.25, 0.3) is 0 Å². The second kappa shape index (κ2) is 11.3. The Balaban J connectivity index is 1.05. The van der Waals surface area contributed by atoms with Gasteiger partial charge in [-0.05, 0) is 80.9 Å². The average molecular weight is 517 g/mol. The molecule has 0 radical (unpaired) electrons. The van der Waals surface area contributed by atoms with Crippen LogP contribution in [0.5, 0.6) is 5.19 Å². The molecule has 5 rings (SSSR count). The van der Waals surface area contributed by atoms with Gasteiger partial charge >= 0.3 is 0 Å². The molecule has 196 valence electrons. The highest BCUT2D eigenvalue weighted by molar-refractivity contribution is 7.13. The summed E-state index contributed by atoms with van der Waals surface area (Å²) in [5.41, 5.74) is 4.71. The zero-order valence-corrected chi connectivity index (χ0v) is 22.2. The summed E-state index contributed by atoms with van der Waals surface area (Å²) < 4.78 is 31.4. The number of carbonyl (C=O) groups excluding carboxylic acids is 1. The molecule has 0 spiro atoms. The highest BCUT2D eigenvalue weighted by atomic mass is 32.1. The van der Waals surface area contributed by atoms with Crippen molar-refractivity contribution in [3.05, 3.63) is 45.5 Å². The average Bonchev–Trinajstić information content (AvgIpc) is 3.29. The third kappa shape index (κ3) is 6.52. The van der Waals surface area contributed by atoms with Gasteiger partial charge in [0.25, 0.3) is 11.1 Å². The molecule has 0 bridgehead atoms. The maximum atomic E-state index is 13.1. The molecular formula is C29H38F2N2O2S. The third-order valence-corrected chi connectivity index (χ3v) is 9.30. The molecule has 0 unspecified atom stereocenters. The highest BCUT2D eigenvalue weighted by Gasteiger charge is 2.28. The van der Waals surface area contributed by atoms with Gasteiger partial charge in [-0.2, -0.15) is 0 Å². The molecule has 0 N–H and O–H groups in total. The molecule has 3 aliphatic rings. The maximum absolute atomic E-state index is 13.1. The van der Waals surface area contributed by atoms with Crippen LogP contribution in [-0.2, 0) is 25.8 Å². The van der Waals surface area contributed by atoms with Crippen molar-refractivity contribution in [3.8, 4) is 5.19 Å². The van der Waals surface area contributed by atoms with Gasteiger partial charge < -0.3 is 4.74 Å². The summed E-state index contributed by atoms with van der Waals surface area (Å²) in [7, 11) is 0. The van der Waals surface area contributed by atoms with Crippen molar-refractivity contribution in [1.29, 1.82) is 0 Å². The van der Waals surface area contributed by atoms with E-state index in [1.807, 2.05) is 0 Å². The number of halogens is 2. The van der Waals surface area contributed by atoms with Gasteiger partial charge in [-0.25, -0.2) is 13.8 Å². The molecule has 1 saturated carbocycles. The highest BCUT2D eigenvalue weighted by Crippen LogP contribution is 2.35. The standard InChI is InChI=1S/C29H38F2N2O2S/c1-29(30,31)19-35-28-32-25-18-33(16-14-27(25)36-28)15-13-20-9-11-21(12-10-20)17-26(34)24-8-4-6-22-5-2-3-7-23(22)24/h4,6,8,20-21H,2-3,5,7,9-19H2,1H3. The minimum atomic E-state index is -2.84. The van der Waals surface area contributed by atoms with Crippen LogP contribution in [-0.4, -0.2) is 41.3 Å². The Labute approximate surface area is 217 Å². The molecule has 1 fully saturated rings. The Bertz CT molecular complexity index is 1060. The Morgan fingerprint density at radius 1 is 1.14 bits per heavy atom. The maximum Gasteiger partial charge on any atom is 0.278 e. The monoisotopic (exact) mass is 516 g/mol. The van der Waals surface area contributed by atoms with Crippen LogP contribution in [0, 0.1) is 11.8 Å². The number of carbonyl (C=O) groups is 1. The Morgan fingerprint density at radius 3 is 2.72 bits per heavy atom. The number of aryl methyl sites for hydroxylation is 1. The van der Waals surface area contributed by atoms with E-state index in [4.69, 9.17) is 4.74 Å². The summed E-state index contributed by atoms with van der Waals surface area (Å²) in [5, 5.41) is 0.368. The van der Waals surface area contributed by atoms with E-state index < -0.39 is 12.5 Å². The van der Waals surface area contributed by atoms with Crippen molar-refractivity contribution in [2.24, 2.45) is 11.8 Å². The van der Waals surface area contributed by atoms with Crippen molar-refractivity contribution < 1.29 is 18.3 Å². The number of Topliss-reactive ketones (excluding diaryl/α,β-unsaturated/α-hetero) is 1. The SMILES string of the molecule is CC(F)(F)COc1nc2c(s1)CCN(CCC1CCC(CC(=O)c3cccc4c3CCCC4)CC1)C2. The molecule has 2 aromatic rings. The van der Waals surface area contributed by atoms with Crippen LogP contribution in [0.4, 0.5) is 8.78 Å². The first-order chi connectivity index (χ1) is 17.3. The molecule has 1 aromatic heterocycles.